The molecule has 2 aromatic carbocycles. The SMILES string of the molecule is NC(=NCc1ccccc1CN1CCN(c2ccccc2)CC1)NCCc1ccccn1. The molecule has 1 fully saturated rings. The highest BCUT2D eigenvalue weighted by Crippen LogP contribution is 2.18. The molecule has 32 heavy (non-hydrogen) atoms. The summed E-state index contributed by atoms with van der Waals surface area (Å²) in [4.78, 5) is 13.9. The maximum absolute atomic E-state index is 6.09. The molecular formula is C26H32N6. The molecule has 4 rings (SSSR count). The Kier molecular flexibility index (Phi) is 7.71. The molecule has 3 aromatic rings. The van der Waals surface area contributed by atoms with Crippen LogP contribution in [-0.4, -0.2) is 48.6 Å². The topological polar surface area (TPSA) is 69.8 Å². The Labute approximate surface area is 190 Å². The Morgan fingerprint density at radius 3 is 2.34 bits per heavy atom. The van der Waals surface area contributed by atoms with Crippen molar-refractivity contribution in [2.24, 2.45) is 10.7 Å². The molecule has 1 aliphatic rings. The van der Waals surface area contributed by atoms with Gasteiger partial charge in [-0.2, -0.15) is 0 Å². The number of rotatable bonds is 8. The number of pyridine rings is 1. The van der Waals surface area contributed by atoms with E-state index < -0.39 is 0 Å². The van der Waals surface area contributed by atoms with E-state index in [0.717, 1.165) is 51.4 Å². The number of hydrogen-bond acceptors (Lipinski definition) is 4. The Morgan fingerprint density at radius 1 is 0.875 bits per heavy atom. The van der Waals surface area contributed by atoms with Gasteiger partial charge in [0, 0.05) is 63.3 Å². The zero-order valence-electron chi connectivity index (χ0n) is 18.5. The lowest BCUT2D eigenvalue weighted by Crippen LogP contribution is -2.46. The van der Waals surface area contributed by atoms with Gasteiger partial charge in [0.2, 0.25) is 0 Å². The lowest BCUT2D eigenvalue weighted by molar-refractivity contribution is 0.249. The van der Waals surface area contributed by atoms with Crippen molar-refractivity contribution in [2.75, 3.05) is 37.6 Å². The number of aromatic nitrogens is 1. The van der Waals surface area contributed by atoms with Crippen molar-refractivity contribution in [1.82, 2.24) is 15.2 Å². The molecule has 0 aliphatic carbocycles. The normalized spacial score (nSPS) is 15.0. The molecule has 0 amide bonds. The third kappa shape index (κ3) is 6.31. The van der Waals surface area contributed by atoms with Crippen molar-refractivity contribution in [1.29, 1.82) is 0 Å². The first kappa shape index (κ1) is 21.8. The van der Waals surface area contributed by atoms with Crippen LogP contribution in [0.25, 0.3) is 0 Å². The van der Waals surface area contributed by atoms with Crippen LogP contribution in [0.1, 0.15) is 16.8 Å². The summed E-state index contributed by atoms with van der Waals surface area (Å²) in [5.74, 6) is 0.479. The van der Waals surface area contributed by atoms with Gasteiger partial charge < -0.3 is 16.0 Å². The average molecular weight is 429 g/mol. The summed E-state index contributed by atoms with van der Waals surface area (Å²) in [6.07, 6.45) is 2.63. The predicted octanol–water partition coefficient (Wildman–Crippen LogP) is 3.05. The molecule has 2 heterocycles. The van der Waals surface area contributed by atoms with Crippen LogP contribution in [0.2, 0.25) is 0 Å². The van der Waals surface area contributed by atoms with Crippen LogP contribution in [-0.2, 0) is 19.5 Å². The van der Waals surface area contributed by atoms with Gasteiger partial charge in [-0.05, 0) is 35.4 Å². The number of aliphatic imine (C=N–C) groups is 1. The van der Waals surface area contributed by atoms with Crippen molar-refractivity contribution >= 4 is 11.6 Å². The first-order chi connectivity index (χ1) is 15.8. The zero-order chi connectivity index (χ0) is 22.0. The number of anilines is 1. The number of para-hydroxylation sites is 1. The molecule has 1 saturated heterocycles. The first-order valence-corrected chi connectivity index (χ1v) is 11.3. The van der Waals surface area contributed by atoms with E-state index in [1.165, 1.54) is 16.8 Å². The summed E-state index contributed by atoms with van der Waals surface area (Å²) in [7, 11) is 0. The number of guanidine groups is 1. The van der Waals surface area contributed by atoms with Crippen LogP contribution in [0.3, 0.4) is 0 Å². The van der Waals surface area contributed by atoms with E-state index in [1.807, 2.05) is 24.4 Å². The van der Waals surface area contributed by atoms with Gasteiger partial charge in [-0.1, -0.05) is 48.5 Å². The van der Waals surface area contributed by atoms with Crippen molar-refractivity contribution in [3.05, 3.63) is 95.8 Å². The number of piperazine rings is 1. The molecule has 1 aliphatic heterocycles. The van der Waals surface area contributed by atoms with Crippen LogP contribution in [0.5, 0.6) is 0 Å². The summed E-state index contributed by atoms with van der Waals surface area (Å²) in [6, 6.07) is 25.2. The van der Waals surface area contributed by atoms with Gasteiger partial charge in [0.25, 0.3) is 0 Å². The minimum atomic E-state index is 0.479. The molecule has 6 heteroatoms. The van der Waals surface area contributed by atoms with E-state index in [2.05, 4.69) is 79.7 Å². The molecule has 0 saturated carbocycles. The molecule has 0 bridgehead atoms. The largest absolute Gasteiger partial charge is 0.370 e. The Morgan fingerprint density at radius 2 is 1.59 bits per heavy atom. The number of benzene rings is 2. The number of nitrogens with zero attached hydrogens (tertiary/aromatic N) is 4. The number of nitrogens with one attached hydrogen (secondary N) is 1. The van der Waals surface area contributed by atoms with E-state index >= 15 is 0 Å². The number of nitrogens with two attached hydrogens (primary N) is 1. The van der Waals surface area contributed by atoms with Crippen molar-refractivity contribution < 1.29 is 0 Å². The summed E-state index contributed by atoms with van der Waals surface area (Å²) in [5, 5.41) is 3.19. The maximum atomic E-state index is 6.09. The van der Waals surface area contributed by atoms with Crippen molar-refractivity contribution in [3.8, 4) is 0 Å². The molecule has 0 radical (unpaired) electrons. The lowest BCUT2D eigenvalue weighted by Gasteiger charge is -2.36. The van der Waals surface area contributed by atoms with Crippen molar-refractivity contribution in [3.63, 3.8) is 0 Å². The highest BCUT2D eigenvalue weighted by molar-refractivity contribution is 5.77. The van der Waals surface area contributed by atoms with Gasteiger partial charge in [-0.25, -0.2) is 4.99 Å². The van der Waals surface area contributed by atoms with Gasteiger partial charge >= 0.3 is 0 Å². The Bertz CT molecular complexity index is 981. The molecule has 166 valence electrons. The van der Waals surface area contributed by atoms with Gasteiger partial charge in [-0.3, -0.25) is 9.88 Å². The summed E-state index contributed by atoms with van der Waals surface area (Å²) in [5.41, 5.74) is 11.0. The zero-order valence-corrected chi connectivity index (χ0v) is 18.5. The molecule has 1 aromatic heterocycles. The Balaban J connectivity index is 1.27. The molecule has 0 unspecified atom stereocenters. The second kappa shape index (κ2) is 11.3. The van der Waals surface area contributed by atoms with Crippen LogP contribution in [0.4, 0.5) is 5.69 Å². The number of hydrogen-bond donors (Lipinski definition) is 2. The van der Waals surface area contributed by atoms with Crippen LogP contribution < -0.4 is 16.0 Å². The minimum Gasteiger partial charge on any atom is -0.370 e. The standard InChI is InChI=1S/C26H32N6/c27-26(29-15-13-24-10-6-7-14-28-24)30-20-22-8-4-5-9-23(22)21-31-16-18-32(19-17-31)25-11-2-1-3-12-25/h1-12,14H,13,15-21H2,(H3,27,29,30). The molecule has 0 spiro atoms. The quantitative estimate of drug-likeness (QED) is 0.426. The maximum Gasteiger partial charge on any atom is 0.188 e. The van der Waals surface area contributed by atoms with E-state index in [1.54, 1.807) is 0 Å². The fraction of sp³-hybridized carbons (Fsp3) is 0.308. The van der Waals surface area contributed by atoms with E-state index in [4.69, 9.17) is 5.73 Å². The van der Waals surface area contributed by atoms with E-state index in [-0.39, 0.29) is 0 Å². The Hall–Kier alpha value is -3.38. The summed E-state index contributed by atoms with van der Waals surface area (Å²) < 4.78 is 0. The second-order valence-electron chi connectivity index (χ2n) is 8.07. The van der Waals surface area contributed by atoms with Crippen LogP contribution in [0.15, 0.2) is 84.0 Å². The first-order valence-electron chi connectivity index (χ1n) is 11.3. The lowest BCUT2D eigenvalue weighted by atomic mass is 10.1. The van der Waals surface area contributed by atoms with Gasteiger partial charge in [0.1, 0.15) is 0 Å². The molecule has 6 nitrogen and oxygen atoms in total. The molecule has 0 atom stereocenters. The van der Waals surface area contributed by atoms with E-state index in [9.17, 15) is 0 Å². The van der Waals surface area contributed by atoms with Crippen LogP contribution >= 0.6 is 0 Å². The van der Waals surface area contributed by atoms with E-state index in [0.29, 0.717) is 12.5 Å². The minimum absolute atomic E-state index is 0.479. The van der Waals surface area contributed by atoms with Crippen molar-refractivity contribution in [2.45, 2.75) is 19.5 Å². The molecule has 3 N–H and O–H groups in total. The molecular weight excluding hydrogens is 396 g/mol. The fourth-order valence-electron chi connectivity index (χ4n) is 4.00. The highest BCUT2D eigenvalue weighted by Gasteiger charge is 2.18. The summed E-state index contributed by atoms with van der Waals surface area (Å²) in [6.45, 7) is 6.48. The third-order valence-corrected chi connectivity index (χ3v) is 5.84. The fourth-order valence-corrected chi connectivity index (χ4v) is 4.00. The average Bonchev–Trinajstić information content (AvgIpc) is 2.85. The second-order valence-corrected chi connectivity index (χ2v) is 8.07. The van der Waals surface area contributed by atoms with Gasteiger partial charge in [0.05, 0.1) is 6.54 Å². The smallest absolute Gasteiger partial charge is 0.188 e. The van der Waals surface area contributed by atoms with Gasteiger partial charge in [-0.15, -0.1) is 0 Å². The third-order valence-electron chi connectivity index (χ3n) is 5.84. The monoisotopic (exact) mass is 428 g/mol. The van der Waals surface area contributed by atoms with Gasteiger partial charge in [0.15, 0.2) is 5.96 Å². The van der Waals surface area contributed by atoms with Crippen LogP contribution in [0, 0.1) is 0 Å². The highest BCUT2D eigenvalue weighted by atomic mass is 15.3. The summed E-state index contributed by atoms with van der Waals surface area (Å²) >= 11 is 0. The predicted molar refractivity (Wildman–Crippen MR) is 132 cm³/mol.